The van der Waals surface area contributed by atoms with E-state index in [0.717, 1.165) is 0 Å². The molecule has 1 fully saturated rings. The molecule has 0 atom stereocenters. The highest BCUT2D eigenvalue weighted by molar-refractivity contribution is 7.88. The monoisotopic (exact) mass is 378 g/mol. The molecule has 2 aromatic rings. The van der Waals surface area contributed by atoms with E-state index in [0.29, 0.717) is 36.8 Å². The van der Waals surface area contributed by atoms with Crippen LogP contribution in [0.5, 0.6) is 0 Å². The molecule has 1 aliphatic rings. The second-order valence-corrected chi connectivity index (χ2v) is 8.83. The van der Waals surface area contributed by atoms with Crippen molar-refractivity contribution in [3.63, 3.8) is 0 Å². The van der Waals surface area contributed by atoms with Crippen LogP contribution in [-0.4, -0.2) is 38.9 Å². The number of rotatable bonds is 4. The van der Waals surface area contributed by atoms with Crippen molar-refractivity contribution in [3.05, 3.63) is 64.2 Å². The van der Waals surface area contributed by atoms with Crippen molar-refractivity contribution in [2.45, 2.75) is 19.6 Å². The van der Waals surface area contributed by atoms with Crippen molar-refractivity contribution in [1.29, 1.82) is 0 Å². The van der Waals surface area contributed by atoms with Gasteiger partial charge in [-0.25, -0.2) is 8.42 Å². The Labute approximate surface area is 155 Å². The third-order valence-electron chi connectivity index (χ3n) is 4.84. The number of nitrogens with zero attached hydrogens (tertiary/aromatic N) is 2. The first-order chi connectivity index (χ1) is 11.9. The summed E-state index contributed by atoms with van der Waals surface area (Å²) in [4.78, 5) is 2.27. The lowest BCUT2D eigenvalue weighted by Gasteiger charge is -2.36. The first-order valence-corrected chi connectivity index (χ1v) is 10.4. The summed E-state index contributed by atoms with van der Waals surface area (Å²) < 4.78 is 27.0. The maximum atomic E-state index is 12.7. The number of piperazine rings is 1. The van der Waals surface area contributed by atoms with Gasteiger partial charge in [-0.1, -0.05) is 41.9 Å². The molecule has 134 valence electrons. The molecule has 0 saturated carbocycles. The zero-order valence-electron chi connectivity index (χ0n) is 14.6. The first kappa shape index (κ1) is 18.2. The van der Waals surface area contributed by atoms with Gasteiger partial charge in [0.05, 0.1) is 5.75 Å². The van der Waals surface area contributed by atoms with E-state index in [2.05, 4.69) is 36.9 Å². The predicted molar refractivity (Wildman–Crippen MR) is 104 cm³/mol. The van der Waals surface area contributed by atoms with Gasteiger partial charge in [-0.2, -0.15) is 4.31 Å². The highest BCUT2D eigenvalue weighted by atomic mass is 35.5. The third kappa shape index (κ3) is 4.00. The van der Waals surface area contributed by atoms with E-state index in [4.69, 9.17) is 11.6 Å². The van der Waals surface area contributed by atoms with Crippen LogP contribution in [0.1, 0.15) is 16.7 Å². The standard InChI is InChI=1S/C19H23ClN2O2S/c1-15-6-5-9-19(16(15)2)21-10-12-22(13-11-21)25(23,24)14-17-7-3-4-8-18(17)20/h3-9H,10-14H2,1-2H3. The van der Waals surface area contributed by atoms with Gasteiger partial charge >= 0.3 is 0 Å². The summed E-state index contributed by atoms with van der Waals surface area (Å²) in [6, 6.07) is 13.4. The van der Waals surface area contributed by atoms with E-state index in [1.165, 1.54) is 16.8 Å². The van der Waals surface area contributed by atoms with Crippen molar-refractivity contribution < 1.29 is 8.42 Å². The fourth-order valence-electron chi connectivity index (χ4n) is 3.19. The number of benzene rings is 2. The number of hydrogen-bond acceptors (Lipinski definition) is 3. The van der Waals surface area contributed by atoms with E-state index in [-0.39, 0.29) is 5.75 Å². The molecule has 0 unspecified atom stereocenters. The van der Waals surface area contributed by atoms with Crippen LogP contribution in [0.15, 0.2) is 42.5 Å². The fourth-order valence-corrected chi connectivity index (χ4v) is 5.02. The smallest absolute Gasteiger partial charge is 0.218 e. The Hall–Kier alpha value is -1.56. The summed E-state index contributed by atoms with van der Waals surface area (Å²) in [6.07, 6.45) is 0. The quantitative estimate of drug-likeness (QED) is 0.816. The van der Waals surface area contributed by atoms with E-state index in [1.54, 1.807) is 22.5 Å². The summed E-state index contributed by atoms with van der Waals surface area (Å²) in [5, 5.41) is 0.500. The molecular formula is C19H23ClN2O2S. The van der Waals surface area contributed by atoms with E-state index in [9.17, 15) is 8.42 Å². The van der Waals surface area contributed by atoms with Crippen molar-refractivity contribution in [3.8, 4) is 0 Å². The van der Waals surface area contributed by atoms with Gasteiger partial charge in [0.15, 0.2) is 0 Å². The summed E-state index contributed by atoms with van der Waals surface area (Å²) in [7, 11) is -3.36. The van der Waals surface area contributed by atoms with Crippen LogP contribution in [0.25, 0.3) is 0 Å². The molecule has 0 radical (unpaired) electrons. The van der Waals surface area contributed by atoms with Crippen LogP contribution in [0.3, 0.4) is 0 Å². The molecule has 0 aliphatic carbocycles. The molecule has 1 saturated heterocycles. The lowest BCUT2D eigenvalue weighted by Crippen LogP contribution is -2.49. The molecule has 6 heteroatoms. The number of aryl methyl sites for hydroxylation is 1. The topological polar surface area (TPSA) is 40.6 Å². The number of sulfonamides is 1. The van der Waals surface area contributed by atoms with Crippen molar-refractivity contribution in [2.24, 2.45) is 0 Å². The average Bonchev–Trinajstić information content (AvgIpc) is 2.59. The average molecular weight is 379 g/mol. The summed E-state index contributed by atoms with van der Waals surface area (Å²) in [5.74, 6) is -0.0455. The molecule has 1 aliphatic heterocycles. The predicted octanol–water partition coefficient (Wildman–Crippen LogP) is 3.61. The summed E-state index contributed by atoms with van der Waals surface area (Å²) >= 11 is 6.11. The Morgan fingerprint density at radius 2 is 1.64 bits per heavy atom. The molecule has 2 aromatic carbocycles. The van der Waals surface area contributed by atoms with Gasteiger partial charge in [-0.3, -0.25) is 0 Å². The highest BCUT2D eigenvalue weighted by Gasteiger charge is 2.28. The fraction of sp³-hybridized carbons (Fsp3) is 0.368. The first-order valence-electron chi connectivity index (χ1n) is 8.41. The maximum Gasteiger partial charge on any atom is 0.218 e. The lowest BCUT2D eigenvalue weighted by atomic mass is 10.1. The SMILES string of the molecule is Cc1cccc(N2CCN(S(=O)(=O)Cc3ccccc3Cl)CC2)c1C. The lowest BCUT2D eigenvalue weighted by molar-refractivity contribution is 0.384. The molecule has 4 nitrogen and oxygen atoms in total. The van der Waals surface area contributed by atoms with Crippen molar-refractivity contribution in [1.82, 2.24) is 4.31 Å². The normalized spacial score (nSPS) is 16.2. The number of anilines is 1. The zero-order valence-corrected chi connectivity index (χ0v) is 16.1. The molecule has 0 N–H and O–H groups in total. The minimum Gasteiger partial charge on any atom is -0.369 e. The van der Waals surface area contributed by atoms with Crippen LogP contribution in [-0.2, 0) is 15.8 Å². The highest BCUT2D eigenvalue weighted by Crippen LogP contribution is 2.25. The van der Waals surface area contributed by atoms with Crippen LogP contribution in [0.4, 0.5) is 5.69 Å². The number of hydrogen-bond donors (Lipinski definition) is 0. The number of halogens is 1. The minimum atomic E-state index is -3.36. The Kier molecular flexibility index (Phi) is 5.37. The second kappa shape index (κ2) is 7.36. The van der Waals surface area contributed by atoms with Gasteiger partial charge in [-0.15, -0.1) is 0 Å². The van der Waals surface area contributed by atoms with Crippen LogP contribution in [0, 0.1) is 13.8 Å². The molecule has 0 bridgehead atoms. The summed E-state index contributed by atoms with van der Waals surface area (Å²) in [5.41, 5.74) is 4.37. The maximum absolute atomic E-state index is 12.7. The Bertz CT molecular complexity index is 859. The molecule has 0 aromatic heterocycles. The van der Waals surface area contributed by atoms with Crippen LogP contribution >= 0.6 is 11.6 Å². The van der Waals surface area contributed by atoms with Gasteiger partial charge < -0.3 is 4.90 Å². The minimum absolute atomic E-state index is 0.0455. The Morgan fingerprint density at radius 1 is 0.960 bits per heavy atom. The summed E-state index contributed by atoms with van der Waals surface area (Å²) in [6.45, 7) is 6.62. The molecular weight excluding hydrogens is 356 g/mol. The van der Waals surface area contributed by atoms with Crippen molar-refractivity contribution in [2.75, 3.05) is 31.1 Å². The Morgan fingerprint density at radius 3 is 2.32 bits per heavy atom. The van der Waals surface area contributed by atoms with Crippen LogP contribution < -0.4 is 4.90 Å². The van der Waals surface area contributed by atoms with Gasteiger partial charge in [0.1, 0.15) is 0 Å². The zero-order chi connectivity index (χ0) is 18.0. The van der Waals surface area contributed by atoms with E-state index < -0.39 is 10.0 Å². The van der Waals surface area contributed by atoms with Crippen molar-refractivity contribution >= 4 is 27.3 Å². The van der Waals surface area contributed by atoms with E-state index >= 15 is 0 Å². The molecule has 0 spiro atoms. The Balaban J connectivity index is 1.69. The second-order valence-electron chi connectivity index (χ2n) is 6.45. The van der Waals surface area contributed by atoms with Gasteiger partial charge in [0.25, 0.3) is 0 Å². The van der Waals surface area contributed by atoms with Crippen LogP contribution in [0.2, 0.25) is 5.02 Å². The van der Waals surface area contributed by atoms with E-state index in [1.807, 2.05) is 6.07 Å². The third-order valence-corrected chi connectivity index (χ3v) is 7.04. The molecule has 1 heterocycles. The van der Waals surface area contributed by atoms with Gasteiger partial charge in [-0.05, 0) is 42.7 Å². The molecule has 3 rings (SSSR count). The van der Waals surface area contributed by atoms with Gasteiger partial charge in [0.2, 0.25) is 10.0 Å². The largest absolute Gasteiger partial charge is 0.369 e. The van der Waals surface area contributed by atoms with Gasteiger partial charge in [0, 0.05) is 36.9 Å². The molecule has 0 amide bonds. The molecule has 25 heavy (non-hydrogen) atoms.